The lowest BCUT2D eigenvalue weighted by atomic mass is 10.1. The van der Waals surface area contributed by atoms with Gasteiger partial charge in [-0.15, -0.1) is 0 Å². The van der Waals surface area contributed by atoms with Crippen LogP contribution in [0.1, 0.15) is 47.2 Å². The number of nitrogens with zero attached hydrogens (tertiary/aromatic N) is 4. The average molecular weight is 420 g/mol. The van der Waals surface area contributed by atoms with Crippen LogP contribution in [0, 0.1) is 0 Å². The van der Waals surface area contributed by atoms with Crippen LogP contribution in [-0.2, 0) is 4.74 Å². The van der Waals surface area contributed by atoms with E-state index in [1.165, 1.54) is 0 Å². The van der Waals surface area contributed by atoms with Crippen LogP contribution in [0.3, 0.4) is 0 Å². The lowest BCUT2D eigenvalue weighted by Gasteiger charge is -2.19. The molecule has 4 rings (SSSR count). The minimum atomic E-state index is -0.477. The maximum atomic E-state index is 12.9. The quantitative estimate of drug-likeness (QED) is 0.563. The number of amides is 1. The molecule has 0 aliphatic heterocycles. The standard InChI is InChI=1S/C22H24N6O3/c1-31-14-19(15-7-9-17(10-8-15)27-12-4-11-24-27)26-22(30)18-13-20(29)28(23)21(25-18)16-5-2-3-6-16/h4-5,7-13,19H,2-3,6,14,23H2,1H3,(H,26,30). The van der Waals surface area contributed by atoms with Crippen LogP contribution in [0.25, 0.3) is 11.3 Å². The van der Waals surface area contributed by atoms with Crippen LogP contribution >= 0.6 is 0 Å². The van der Waals surface area contributed by atoms with E-state index >= 15 is 0 Å². The van der Waals surface area contributed by atoms with E-state index in [1.807, 2.05) is 42.6 Å². The zero-order chi connectivity index (χ0) is 21.8. The fourth-order valence-electron chi connectivity index (χ4n) is 3.61. The molecule has 9 nitrogen and oxygen atoms in total. The van der Waals surface area contributed by atoms with Crippen molar-refractivity contribution in [3.8, 4) is 5.69 Å². The first-order valence-electron chi connectivity index (χ1n) is 10.0. The lowest BCUT2D eigenvalue weighted by Crippen LogP contribution is -2.36. The van der Waals surface area contributed by atoms with Crippen LogP contribution in [0.4, 0.5) is 0 Å². The molecule has 3 aromatic rings. The Morgan fingerprint density at radius 3 is 2.77 bits per heavy atom. The van der Waals surface area contributed by atoms with Gasteiger partial charge in [-0.2, -0.15) is 5.10 Å². The van der Waals surface area contributed by atoms with Gasteiger partial charge in [0.1, 0.15) is 5.69 Å². The van der Waals surface area contributed by atoms with E-state index in [2.05, 4.69) is 15.4 Å². The normalized spacial score (nSPS) is 14.3. The molecular weight excluding hydrogens is 396 g/mol. The molecule has 1 aliphatic carbocycles. The number of carbonyl (C=O) groups excluding carboxylic acids is 1. The summed E-state index contributed by atoms with van der Waals surface area (Å²) < 4.78 is 8.04. The molecule has 0 saturated heterocycles. The third-order valence-corrected chi connectivity index (χ3v) is 5.22. The average Bonchev–Trinajstić information content (AvgIpc) is 3.50. The molecule has 2 heterocycles. The van der Waals surface area contributed by atoms with Crippen LogP contribution in [-0.4, -0.2) is 39.1 Å². The summed E-state index contributed by atoms with van der Waals surface area (Å²) in [6.07, 6.45) is 8.23. The van der Waals surface area contributed by atoms with Gasteiger partial charge in [-0.05, 0) is 48.6 Å². The summed E-state index contributed by atoms with van der Waals surface area (Å²) in [6.45, 7) is 0.263. The summed E-state index contributed by atoms with van der Waals surface area (Å²) >= 11 is 0. The molecule has 0 fully saturated rings. The summed E-state index contributed by atoms with van der Waals surface area (Å²) in [4.78, 5) is 29.6. The number of nitrogen functional groups attached to an aromatic ring is 1. The minimum absolute atomic E-state index is 0.0313. The van der Waals surface area contributed by atoms with E-state index < -0.39 is 17.5 Å². The molecule has 0 spiro atoms. The maximum absolute atomic E-state index is 12.9. The first-order valence-corrected chi connectivity index (χ1v) is 10.0. The molecule has 1 aliphatic rings. The molecule has 31 heavy (non-hydrogen) atoms. The van der Waals surface area contributed by atoms with Crippen molar-refractivity contribution in [2.75, 3.05) is 19.6 Å². The Morgan fingerprint density at radius 2 is 2.13 bits per heavy atom. The number of carbonyl (C=O) groups is 1. The van der Waals surface area contributed by atoms with E-state index in [1.54, 1.807) is 18.0 Å². The molecule has 160 valence electrons. The van der Waals surface area contributed by atoms with Crippen LogP contribution < -0.4 is 16.7 Å². The molecule has 9 heteroatoms. The Labute approximate surface area is 179 Å². The van der Waals surface area contributed by atoms with Crippen molar-refractivity contribution in [2.24, 2.45) is 0 Å². The molecule has 3 N–H and O–H groups in total. The van der Waals surface area contributed by atoms with Gasteiger partial charge in [-0.1, -0.05) is 18.2 Å². The number of benzene rings is 1. The summed E-state index contributed by atoms with van der Waals surface area (Å²) in [5.74, 6) is 5.74. The van der Waals surface area contributed by atoms with Gasteiger partial charge < -0.3 is 15.9 Å². The number of methoxy groups -OCH3 is 1. The van der Waals surface area contributed by atoms with Crippen molar-refractivity contribution in [1.82, 2.24) is 24.8 Å². The van der Waals surface area contributed by atoms with E-state index in [4.69, 9.17) is 10.6 Å². The van der Waals surface area contributed by atoms with Gasteiger partial charge in [0.05, 0.1) is 18.3 Å². The Morgan fingerprint density at radius 1 is 1.32 bits per heavy atom. The first kappa shape index (κ1) is 20.5. The zero-order valence-electron chi connectivity index (χ0n) is 17.2. The number of ether oxygens (including phenoxy) is 1. The van der Waals surface area contributed by atoms with Gasteiger partial charge in [-0.25, -0.2) is 14.3 Å². The molecule has 2 aromatic heterocycles. The molecule has 1 atom stereocenters. The number of allylic oxidation sites excluding steroid dienone is 2. The molecule has 0 saturated carbocycles. The van der Waals surface area contributed by atoms with Gasteiger partial charge >= 0.3 is 0 Å². The smallest absolute Gasteiger partial charge is 0.272 e. The SMILES string of the molecule is COCC(NC(=O)c1cc(=O)n(N)c(C2=CCCC2)n1)c1ccc(-n2cccn2)cc1. The lowest BCUT2D eigenvalue weighted by molar-refractivity contribution is 0.0891. The third-order valence-electron chi connectivity index (χ3n) is 5.22. The van der Waals surface area contributed by atoms with Gasteiger partial charge in [0.2, 0.25) is 0 Å². The van der Waals surface area contributed by atoms with Crippen molar-refractivity contribution in [1.29, 1.82) is 0 Å². The molecular formula is C22H24N6O3. The number of nitrogens with two attached hydrogens (primary N) is 1. The molecule has 1 amide bonds. The predicted octanol–water partition coefficient (Wildman–Crippen LogP) is 1.83. The number of aromatic nitrogens is 4. The van der Waals surface area contributed by atoms with Crippen molar-refractivity contribution < 1.29 is 9.53 Å². The highest BCUT2D eigenvalue weighted by molar-refractivity contribution is 5.92. The van der Waals surface area contributed by atoms with Crippen LogP contribution in [0.5, 0.6) is 0 Å². The molecule has 1 unspecified atom stereocenters. The largest absolute Gasteiger partial charge is 0.382 e. The van der Waals surface area contributed by atoms with E-state index in [0.29, 0.717) is 5.82 Å². The van der Waals surface area contributed by atoms with Gasteiger partial charge in [0.25, 0.3) is 11.5 Å². The molecule has 0 radical (unpaired) electrons. The zero-order valence-corrected chi connectivity index (χ0v) is 17.2. The Balaban J connectivity index is 1.57. The fraction of sp³-hybridized carbons (Fsp3) is 0.273. The molecule has 0 bridgehead atoms. The van der Waals surface area contributed by atoms with Crippen molar-refractivity contribution >= 4 is 11.5 Å². The number of nitrogens with one attached hydrogen (secondary N) is 1. The highest BCUT2D eigenvalue weighted by atomic mass is 16.5. The number of hydrogen-bond acceptors (Lipinski definition) is 6. The van der Waals surface area contributed by atoms with Gasteiger partial charge in [-0.3, -0.25) is 9.59 Å². The third kappa shape index (κ3) is 4.41. The topological polar surface area (TPSA) is 117 Å². The van der Waals surface area contributed by atoms with Crippen LogP contribution in [0.2, 0.25) is 0 Å². The van der Waals surface area contributed by atoms with E-state index in [-0.39, 0.29) is 12.3 Å². The van der Waals surface area contributed by atoms with Crippen molar-refractivity contribution in [2.45, 2.75) is 25.3 Å². The number of hydrogen-bond donors (Lipinski definition) is 2. The summed E-state index contributed by atoms with van der Waals surface area (Å²) in [7, 11) is 1.57. The second-order valence-corrected chi connectivity index (χ2v) is 7.32. The fourth-order valence-corrected chi connectivity index (χ4v) is 3.61. The van der Waals surface area contributed by atoms with Crippen LogP contribution in [0.15, 0.2) is 59.7 Å². The summed E-state index contributed by atoms with van der Waals surface area (Å²) in [5.41, 5.74) is 2.20. The van der Waals surface area contributed by atoms with E-state index in [0.717, 1.165) is 46.8 Å². The highest BCUT2D eigenvalue weighted by Gasteiger charge is 2.21. The molecule has 1 aromatic carbocycles. The van der Waals surface area contributed by atoms with Crippen molar-refractivity contribution in [3.63, 3.8) is 0 Å². The maximum Gasteiger partial charge on any atom is 0.272 e. The summed E-state index contributed by atoms with van der Waals surface area (Å²) in [5, 5.41) is 7.12. The Kier molecular flexibility index (Phi) is 5.94. The number of rotatable bonds is 7. The second-order valence-electron chi connectivity index (χ2n) is 7.32. The Bertz CT molecular complexity index is 1150. The van der Waals surface area contributed by atoms with Gasteiger partial charge in [0.15, 0.2) is 5.82 Å². The van der Waals surface area contributed by atoms with Gasteiger partial charge in [0, 0.05) is 25.6 Å². The Hall–Kier alpha value is -3.72. The highest BCUT2D eigenvalue weighted by Crippen LogP contribution is 2.25. The second kappa shape index (κ2) is 8.97. The predicted molar refractivity (Wildman–Crippen MR) is 116 cm³/mol. The first-order chi connectivity index (χ1) is 15.1. The summed E-state index contributed by atoms with van der Waals surface area (Å²) in [6, 6.07) is 10.2. The minimum Gasteiger partial charge on any atom is -0.382 e. The monoisotopic (exact) mass is 420 g/mol. The van der Waals surface area contributed by atoms with E-state index in [9.17, 15) is 9.59 Å². The van der Waals surface area contributed by atoms with Crippen molar-refractivity contribution in [3.05, 3.63) is 82.3 Å².